The van der Waals surface area contributed by atoms with Crippen molar-refractivity contribution in [3.8, 4) is 0 Å². The minimum absolute atomic E-state index is 0.0379. The third-order valence-corrected chi connectivity index (χ3v) is 2.97. The van der Waals surface area contributed by atoms with E-state index < -0.39 is 5.91 Å². The summed E-state index contributed by atoms with van der Waals surface area (Å²) in [5, 5.41) is 12.3. The van der Waals surface area contributed by atoms with E-state index in [0.717, 1.165) is 18.5 Å². The maximum absolute atomic E-state index is 10.9. The number of aromatic nitrogens is 1. The van der Waals surface area contributed by atoms with Crippen LogP contribution in [0.25, 0.3) is 0 Å². The van der Waals surface area contributed by atoms with Gasteiger partial charge in [-0.2, -0.15) is 0 Å². The zero-order valence-electron chi connectivity index (χ0n) is 8.94. The second kappa shape index (κ2) is 4.09. The molecule has 2 rings (SSSR count). The van der Waals surface area contributed by atoms with E-state index in [1.807, 2.05) is 0 Å². The van der Waals surface area contributed by atoms with Gasteiger partial charge < -0.3 is 16.2 Å². The fraction of sp³-hybridized carbons (Fsp3) is 0.455. The van der Waals surface area contributed by atoms with Crippen molar-refractivity contribution >= 4 is 11.6 Å². The standard InChI is InChI=1S/C11H15N3O2/c12-10(16)9-5-8(1-4-13-9)14-6-11(7-15)2-3-11/h1,4-5,15H,2-3,6-7H2,(H2,12,16)(H,13,14). The van der Waals surface area contributed by atoms with E-state index in [1.165, 1.54) is 0 Å². The Bertz CT molecular complexity index is 402. The number of amides is 1. The molecule has 1 saturated carbocycles. The molecule has 1 aromatic heterocycles. The van der Waals surface area contributed by atoms with Gasteiger partial charge in [-0.25, -0.2) is 0 Å². The van der Waals surface area contributed by atoms with Gasteiger partial charge in [-0.3, -0.25) is 9.78 Å². The Kier molecular flexibility index (Phi) is 2.78. The fourth-order valence-electron chi connectivity index (χ4n) is 1.53. The largest absolute Gasteiger partial charge is 0.396 e. The lowest BCUT2D eigenvalue weighted by Gasteiger charge is -2.13. The molecule has 1 aromatic rings. The van der Waals surface area contributed by atoms with Crippen molar-refractivity contribution in [2.75, 3.05) is 18.5 Å². The molecule has 4 N–H and O–H groups in total. The van der Waals surface area contributed by atoms with Crippen LogP contribution in [0.15, 0.2) is 18.3 Å². The van der Waals surface area contributed by atoms with Gasteiger partial charge in [-0.1, -0.05) is 0 Å². The molecular formula is C11H15N3O2. The summed E-state index contributed by atoms with van der Waals surface area (Å²) in [4.78, 5) is 14.8. The fourth-order valence-corrected chi connectivity index (χ4v) is 1.53. The van der Waals surface area contributed by atoms with Crippen LogP contribution >= 0.6 is 0 Å². The van der Waals surface area contributed by atoms with Gasteiger partial charge in [0.1, 0.15) is 5.69 Å². The number of nitrogens with two attached hydrogens (primary N) is 1. The number of aliphatic hydroxyl groups excluding tert-OH is 1. The molecule has 0 spiro atoms. The summed E-state index contributed by atoms with van der Waals surface area (Å²) in [6, 6.07) is 3.40. The first kappa shape index (κ1) is 10.9. The molecule has 0 radical (unpaired) electrons. The first-order valence-electron chi connectivity index (χ1n) is 5.26. The van der Waals surface area contributed by atoms with Crippen LogP contribution in [0, 0.1) is 5.41 Å². The minimum atomic E-state index is -0.535. The normalized spacial score (nSPS) is 16.8. The van der Waals surface area contributed by atoms with Crippen molar-refractivity contribution in [2.45, 2.75) is 12.8 Å². The number of carbonyl (C=O) groups excluding carboxylic acids is 1. The molecule has 86 valence electrons. The third-order valence-electron chi connectivity index (χ3n) is 2.97. The average molecular weight is 221 g/mol. The van der Waals surface area contributed by atoms with Crippen LogP contribution in [0.4, 0.5) is 5.69 Å². The maximum Gasteiger partial charge on any atom is 0.267 e. The summed E-state index contributed by atoms with van der Waals surface area (Å²) in [5.74, 6) is -0.535. The third kappa shape index (κ3) is 2.30. The molecule has 0 bridgehead atoms. The lowest BCUT2D eigenvalue weighted by Crippen LogP contribution is -2.19. The number of anilines is 1. The lowest BCUT2D eigenvalue weighted by molar-refractivity contribution is 0.0995. The number of aliphatic hydroxyl groups is 1. The van der Waals surface area contributed by atoms with Crippen LogP contribution in [0.5, 0.6) is 0 Å². The summed E-state index contributed by atoms with van der Waals surface area (Å²) in [6.07, 6.45) is 3.63. The SMILES string of the molecule is NC(=O)c1cc(NCC2(CO)CC2)ccn1. The van der Waals surface area contributed by atoms with Gasteiger partial charge in [0, 0.05) is 23.8 Å². The van der Waals surface area contributed by atoms with Gasteiger partial charge in [0.05, 0.1) is 6.61 Å². The zero-order valence-corrected chi connectivity index (χ0v) is 8.94. The minimum Gasteiger partial charge on any atom is -0.396 e. The van der Waals surface area contributed by atoms with E-state index in [9.17, 15) is 4.79 Å². The van der Waals surface area contributed by atoms with Crippen LogP contribution in [0.3, 0.4) is 0 Å². The van der Waals surface area contributed by atoms with Crippen molar-refractivity contribution in [1.29, 1.82) is 0 Å². The number of rotatable bonds is 5. The van der Waals surface area contributed by atoms with Gasteiger partial charge in [0.25, 0.3) is 5.91 Å². The topological polar surface area (TPSA) is 88.2 Å². The van der Waals surface area contributed by atoms with E-state index in [1.54, 1.807) is 18.3 Å². The van der Waals surface area contributed by atoms with E-state index in [-0.39, 0.29) is 17.7 Å². The van der Waals surface area contributed by atoms with Crippen molar-refractivity contribution in [1.82, 2.24) is 4.98 Å². The Labute approximate surface area is 93.7 Å². The smallest absolute Gasteiger partial charge is 0.267 e. The molecule has 0 aromatic carbocycles. The van der Waals surface area contributed by atoms with Gasteiger partial charge in [-0.15, -0.1) is 0 Å². The molecule has 0 unspecified atom stereocenters. The molecule has 1 aliphatic carbocycles. The highest BCUT2D eigenvalue weighted by Gasteiger charge is 2.41. The molecule has 1 aliphatic rings. The van der Waals surface area contributed by atoms with Gasteiger partial charge in [0.2, 0.25) is 0 Å². The van der Waals surface area contributed by atoms with Gasteiger partial charge >= 0.3 is 0 Å². The van der Waals surface area contributed by atoms with Crippen molar-refractivity contribution in [3.63, 3.8) is 0 Å². The number of pyridine rings is 1. The van der Waals surface area contributed by atoms with Crippen LogP contribution in [-0.2, 0) is 0 Å². The number of nitrogens with zero attached hydrogens (tertiary/aromatic N) is 1. The predicted molar refractivity (Wildman–Crippen MR) is 60.0 cm³/mol. The lowest BCUT2D eigenvalue weighted by atomic mass is 10.1. The van der Waals surface area contributed by atoms with E-state index in [4.69, 9.17) is 10.8 Å². The number of primary amides is 1. The highest BCUT2D eigenvalue weighted by molar-refractivity contribution is 5.91. The van der Waals surface area contributed by atoms with Crippen LogP contribution in [-0.4, -0.2) is 29.1 Å². The summed E-state index contributed by atoms with van der Waals surface area (Å²) in [7, 11) is 0. The molecule has 1 heterocycles. The van der Waals surface area contributed by atoms with E-state index in [0.29, 0.717) is 6.54 Å². The Morgan fingerprint density at radius 1 is 1.62 bits per heavy atom. The molecule has 5 heteroatoms. The second-order valence-corrected chi connectivity index (χ2v) is 4.31. The van der Waals surface area contributed by atoms with Gasteiger partial charge in [0.15, 0.2) is 0 Å². The molecular weight excluding hydrogens is 206 g/mol. The summed E-state index contributed by atoms with van der Waals surface area (Å²) in [6.45, 7) is 0.916. The Morgan fingerprint density at radius 2 is 2.38 bits per heavy atom. The zero-order chi connectivity index (χ0) is 11.6. The van der Waals surface area contributed by atoms with E-state index in [2.05, 4.69) is 10.3 Å². The Morgan fingerprint density at radius 3 is 2.94 bits per heavy atom. The molecule has 0 aliphatic heterocycles. The van der Waals surface area contributed by atoms with E-state index >= 15 is 0 Å². The average Bonchev–Trinajstić information content (AvgIpc) is 3.07. The van der Waals surface area contributed by atoms with Crippen molar-refractivity contribution in [3.05, 3.63) is 24.0 Å². The molecule has 1 fully saturated rings. The Hall–Kier alpha value is -1.62. The second-order valence-electron chi connectivity index (χ2n) is 4.31. The molecule has 1 amide bonds. The maximum atomic E-state index is 10.9. The van der Waals surface area contributed by atoms with Crippen molar-refractivity contribution in [2.24, 2.45) is 11.1 Å². The number of hydrogen-bond acceptors (Lipinski definition) is 4. The number of carbonyl (C=O) groups is 1. The van der Waals surface area contributed by atoms with Crippen LogP contribution in [0.2, 0.25) is 0 Å². The first-order chi connectivity index (χ1) is 7.65. The quantitative estimate of drug-likeness (QED) is 0.670. The molecule has 0 atom stereocenters. The monoisotopic (exact) mass is 221 g/mol. The molecule has 16 heavy (non-hydrogen) atoms. The highest BCUT2D eigenvalue weighted by atomic mass is 16.3. The first-order valence-corrected chi connectivity index (χ1v) is 5.26. The molecule has 5 nitrogen and oxygen atoms in total. The van der Waals surface area contributed by atoms with Crippen molar-refractivity contribution < 1.29 is 9.90 Å². The summed E-state index contributed by atoms with van der Waals surface area (Å²) in [5.41, 5.74) is 6.23. The number of nitrogens with one attached hydrogen (secondary N) is 1. The van der Waals surface area contributed by atoms with Crippen LogP contribution < -0.4 is 11.1 Å². The van der Waals surface area contributed by atoms with Gasteiger partial charge in [-0.05, 0) is 25.0 Å². The number of hydrogen-bond donors (Lipinski definition) is 3. The van der Waals surface area contributed by atoms with Crippen LogP contribution in [0.1, 0.15) is 23.3 Å². The highest BCUT2D eigenvalue weighted by Crippen LogP contribution is 2.44. The molecule has 0 saturated heterocycles. The Balaban J connectivity index is 1.99. The predicted octanol–water partition coefficient (Wildman–Crippen LogP) is 0.365. The summed E-state index contributed by atoms with van der Waals surface area (Å²) >= 11 is 0. The summed E-state index contributed by atoms with van der Waals surface area (Å²) < 4.78 is 0.